The topological polar surface area (TPSA) is 41.1 Å². The largest absolute Gasteiger partial charge is 0.354 e. The number of hydrogen-bond donors (Lipinski definition) is 2. The predicted octanol–water partition coefficient (Wildman–Crippen LogP) is 3.24. The maximum Gasteiger partial charge on any atom is 0.237 e. The lowest BCUT2D eigenvalue weighted by Gasteiger charge is -2.26. The van der Waals surface area contributed by atoms with E-state index >= 15 is 0 Å². The smallest absolute Gasteiger partial charge is 0.237 e. The summed E-state index contributed by atoms with van der Waals surface area (Å²) in [6.07, 6.45) is 9.62. The molecular weight excluding hydrogens is 236 g/mol. The van der Waals surface area contributed by atoms with Crippen molar-refractivity contribution in [3.8, 4) is 0 Å². The summed E-state index contributed by atoms with van der Waals surface area (Å²) in [5.41, 5.74) is 0.218. The fourth-order valence-corrected chi connectivity index (χ4v) is 2.64. The highest BCUT2D eigenvalue weighted by molar-refractivity contribution is 5.81. The monoisotopic (exact) mass is 268 g/mol. The molecule has 0 radical (unpaired) electrons. The summed E-state index contributed by atoms with van der Waals surface area (Å²) in [5.74, 6) is 0.200. The van der Waals surface area contributed by atoms with Crippen LogP contribution in [0.3, 0.4) is 0 Å². The molecule has 1 aliphatic heterocycles. The van der Waals surface area contributed by atoms with Crippen molar-refractivity contribution in [2.75, 3.05) is 13.1 Å². The molecule has 1 rings (SSSR count). The van der Waals surface area contributed by atoms with Gasteiger partial charge in [0.25, 0.3) is 0 Å². The molecule has 19 heavy (non-hydrogen) atoms. The Bertz CT molecular complexity index is 255. The zero-order valence-electron chi connectivity index (χ0n) is 13.1. The van der Waals surface area contributed by atoms with E-state index in [1.54, 1.807) is 0 Å². The molecule has 3 nitrogen and oxygen atoms in total. The highest BCUT2D eigenvalue weighted by Gasteiger charge is 2.23. The zero-order valence-corrected chi connectivity index (χ0v) is 13.1. The molecule has 1 unspecified atom stereocenters. The van der Waals surface area contributed by atoms with Crippen molar-refractivity contribution < 1.29 is 4.79 Å². The third-order valence-electron chi connectivity index (χ3n) is 4.08. The molecule has 1 saturated heterocycles. The predicted molar refractivity (Wildman–Crippen MR) is 81.2 cm³/mol. The molecule has 0 saturated carbocycles. The molecule has 2 N–H and O–H groups in total. The van der Waals surface area contributed by atoms with Crippen LogP contribution >= 0.6 is 0 Å². The molecule has 1 amide bonds. The quantitative estimate of drug-likeness (QED) is 0.696. The Balaban J connectivity index is 2.27. The SMILES string of the molecule is CCCCCC(C)(C)CNC(=O)C1CCCCCN1. The summed E-state index contributed by atoms with van der Waals surface area (Å²) in [5, 5.41) is 6.50. The van der Waals surface area contributed by atoms with E-state index in [1.165, 1.54) is 44.9 Å². The van der Waals surface area contributed by atoms with Gasteiger partial charge in [0.2, 0.25) is 5.91 Å². The van der Waals surface area contributed by atoms with Gasteiger partial charge in [0.15, 0.2) is 0 Å². The van der Waals surface area contributed by atoms with Crippen molar-refractivity contribution in [1.29, 1.82) is 0 Å². The summed E-state index contributed by atoms with van der Waals surface area (Å²) in [7, 11) is 0. The van der Waals surface area contributed by atoms with Crippen molar-refractivity contribution in [3.63, 3.8) is 0 Å². The van der Waals surface area contributed by atoms with E-state index in [0.717, 1.165) is 19.5 Å². The molecule has 3 heteroatoms. The maximum absolute atomic E-state index is 12.2. The fourth-order valence-electron chi connectivity index (χ4n) is 2.64. The first kappa shape index (κ1) is 16.5. The zero-order chi connectivity index (χ0) is 14.1. The minimum atomic E-state index is 0.0361. The van der Waals surface area contributed by atoms with Crippen molar-refractivity contribution >= 4 is 5.91 Å². The van der Waals surface area contributed by atoms with Gasteiger partial charge < -0.3 is 10.6 Å². The van der Waals surface area contributed by atoms with E-state index in [-0.39, 0.29) is 17.4 Å². The Hall–Kier alpha value is -0.570. The van der Waals surface area contributed by atoms with Crippen LogP contribution in [0.5, 0.6) is 0 Å². The molecular formula is C16H32N2O. The van der Waals surface area contributed by atoms with E-state index in [1.807, 2.05) is 0 Å². The molecule has 0 bridgehead atoms. The number of carbonyl (C=O) groups is 1. The van der Waals surface area contributed by atoms with Gasteiger partial charge in [-0.15, -0.1) is 0 Å². The van der Waals surface area contributed by atoms with Gasteiger partial charge in [-0.1, -0.05) is 52.9 Å². The van der Waals surface area contributed by atoms with Crippen LogP contribution in [0.15, 0.2) is 0 Å². The average Bonchev–Trinajstić information content (AvgIpc) is 2.65. The molecule has 1 heterocycles. The molecule has 0 aromatic rings. The van der Waals surface area contributed by atoms with Gasteiger partial charge in [0.05, 0.1) is 6.04 Å². The van der Waals surface area contributed by atoms with E-state index in [2.05, 4.69) is 31.4 Å². The number of carbonyl (C=O) groups excluding carboxylic acids is 1. The van der Waals surface area contributed by atoms with E-state index in [4.69, 9.17) is 0 Å². The molecule has 0 aromatic heterocycles. The summed E-state index contributed by atoms with van der Waals surface area (Å²) in [4.78, 5) is 12.2. The van der Waals surface area contributed by atoms with Crippen LogP contribution in [0.1, 0.15) is 72.1 Å². The van der Waals surface area contributed by atoms with Crippen LogP contribution < -0.4 is 10.6 Å². The molecule has 0 spiro atoms. The van der Waals surface area contributed by atoms with Gasteiger partial charge in [0.1, 0.15) is 0 Å². The lowest BCUT2D eigenvalue weighted by atomic mass is 9.87. The third kappa shape index (κ3) is 6.95. The number of amides is 1. The van der Waals surface area contributed by atoms with E-state index < -0.39 is 0 Å². The lowest BCUT2D eigenvalue weighted by molar-refractivity contribution is -0.123. The van der Waals surface area contributed by atoms with Crippen LogP contribution in [0, 0.1) is 5.41 Å². The van der Waals surface area contributed by atoms with Crippen LogP contribution in [0.25, 0.3) is 0 Å². The van der Waals surface area contributed by atoms with Gasteiger partial charge in [0, 0.05) is 6.54 Å². The van der Waals surface area contributed by atoms with Crippen molar-refractivity contribution in [2.45, 2.75) is 78.2 Å². The minimum absolute atomic E-state index is 0.0361. The first-order valence-electron chi connectivity index (χ1n) is 8.06. The molecule has 1 aliphatic rings. The minimum Gasteiger partial charge on any atom is -0.354 e. The van der Waals surface area contributed by atoms with Crippen LogP contribution in [-0.4, -0.2) is 25.0 Å². The first-order chi connectivity index (χ1) is 9.05. The molecule has 0 aromatic carbocycles. The Morgan fingerprint density at radius 2 is 2.05 bits per heavy atom. The standard InChI is InChI=1S/C16H32N2O/c1-4-5-8-11-16(2,3)13-18-15(19)14-10-7-6-9-12-17-14/h14,17H,4-13H2,1-3H3,(H,18,19). The second kappa shape index (κ2) is 8.57. The van der Waals surface area contributed by atoms with Gasteiger partial charge in [-0.2, -0.15) is 0 Å². The summed E-state index contributed by atoms with van der Waals surface area (Å²) < 4.78 is 0. The maximum atomic E-state index is 12.2. The first-order valence-corrected chi connectivity index (χ1v) is 8.06. The molecule has 0 aliphatic carbocycles. The highest BCUT2D eigenvalue weighted by Crippen LogP contribution is 2.22. The Labute approximate surface area is 118 Å². The number of rotatable bonds is 7. The Morgan fingerprint density at radius 1 is 1.26 bits per heavy atom. The number of nitrogens with one attached hydrogen (secondary N) is 2. The fraction of sp³-hybridized carbons (Fsp3) is 0.938. The van der Waals surface area contributed by atoms with E-state index in [9.17, 15) is 4.79 Å². The van der Waals surface area contributed by atoms with E-state index in [0.29, 0.717) is 0 Å². The summed E-state index contributed by atoms with van der Waals surface area (Å²) >= 11 is 0. The second-order valence-electron chi connectivity index (χ2n) is 6.70. The molecule has 1 fully saturated rings. The van der Waals surface area contributed by atoms with Crippen molar-refractivity contribution in [1.82, 2.24) is 10.6 Å². The number of unbranched alkanes of at least 4 members (excludes halogenated alkanes) is 2. The van der Waals surface area contributed by atoms with Crippen LogP contribution in [-0.2, 0) is 4.79 Å². The van der Waals surface area contributed by atoms with Gasteiger partial charge in [-0.3, -0.25) is 4.79 Å². The lowest BCUT2D eigenvalue weighted by Crippen LogP contribution is -2.46. The van der Waals surface area contributed by atoms with Gasteiger partial charge in [-0.25, -0.2) is 0 Å². The molecule has 1 atom stereocenters. The third-order valence-corrected chi connectivity index (χ3v) is 4.08. The van der Waals surface area contributed by atoms with Crippen LogP contribution in [0.4, 0.5) is 0 Å². The Morgan fingerprint density at radius 3 is 2.79 bits per heavy atom. The summed E-state index contributed by atoms with van der Waals surface area (Å²) in [6.45, 7) is 8.52. The average molecular weight is 268 g/mol. The highest BCUT2D eigenvalue weighted by atomic mass is 16.2. The summed E-state index contributed by atoms with van der Waals surface area (Å²) in [6, 6.07) is 0.0361. The van der Waals surface area contributed by atoms with Gasteiger partial charge in [-0.05, 0) is 31.2 Å². The van der Waals surface area contributed by atoms with Crippen LogP contribution in [0.2, 0.25) is 0 Å². The molecule has 112 valence electrons. The Kier molecular flexibility index (Phi) is 7.44. The van der Waals surface area contributed by atoms with Crippen molar-refractivity contribution in [3.05, 3.63) is 0 Å². The van der Waals surface area contributed by atoms with Gasteiger partial charge >= 0.3 is 0 Å². The van der Waals surface area contributed by atoms with Crippen molar-refractivity contribution in [2.24, 2.45) is 5.41 Å². The normalized spacial score (nSPS) is 20.9. The number of hydrogen-bond acceptors (Lipinski definition) is 2. The second-order valence-corrected chi connectivity index (χ2v) is 6.70.